The average molecular weight is 210 g/mol. The van der Waals surface area contributed by atoms with Gasteiger partial charge in [-0.3, -0.25) is 4.98 Å². The number of nitrogens with one attached hydrogen (secondary N) is 1. The Morgan fingerprint density at radius 3 is 2.93 bits per heavy atom. The minimum Gasteiger partial charge on any atom is -0.480 e. The van der Waals surface area contributed by atoms with Crippen LogP contribution >= 0.6 is 0 Å². The summed E-state index contributed by atoms with van der Waals surface area (Å²) >= 11 is 0. The molecular weight excluding hydrogens is 192 g/mol. The molecule has 3 N–H and O–H groups in total. The first-order valence-corrected chi connectivity index (χ1v) is 5.12. The van der Waals surface area contributed by atoms with E-state index in [0.717, 1.165) is 18.7 Å². The molecular formula is C10H18N4O. The van der Waals surface area contributed by atoms with E-state index >= 15 is 0 Å². The van der Waals surface area contributed by atoms with Gasteiger partial charge in [-0.05, 0) is 19.4 Å². The zero-order valence-corrected chi connectivity index (χ0v) is 9.23. The van der Waals surface area contributed by atoms with Crippen molar-refractivity contribution in [3.8, 4) is 5.88 Å². The third-order valence-electron chi connectivity index (χ3n) is 2.18. The highest BCUT2D eigenvalue weighted by molar-refractivity contribution is 5.34. The number of methoxy groups -OCH3 is 1. The van der Waals surface area contributed by atoms with Gasteiger partial charge in [0.2, 0.25) is 5.88 Å². The molecule has 0 aliphatic carbocycles. The van der Waals surface area contributed by atoms with Crippen LogP contribution in [0.25, 0.3) is 0 Å². The molecule has 1 atom stereocenters. The smallest absolute Gasteiger partial charge is 0.233 e. The molecule has 84 valence electrons. The number of anilines is 1. The Hall–Kier alpha value is -1.36. The Morgan fingerprint density at radius 1 is 1.53 bits per heavy atom. The van der Waals surface area contributed by atoms with E-state index in [4.69, 9.17) is 10.5 Å². The maximum absolute atomic E-state index is 5.51. The van der Waals surface area contributed by atoms with Gasteiger partial charge in [0.15, 0.2) is 0 Å². The fourth-order valence-electron chi connectivity index (χ4n) is 1.30. The lowest BCUT2D eigenvalue weighted by Gasteiger charge is -2.16. The molecule has 1 heterocycles. The summed E-state index contributed by atoms with van der Waals surface area (Å²) in [6, 6.07) is 0.344. The Morgan fingerprint density at radius 2 is 2.33 bits per heavy atom. The van der Waals surface area contributed by atoms with Gasteiger partial charge in [-0.25, -0.2) is 0 Å². The van der Waals surface area contributed by atoms with E-state index in [9.17, 15) is 0 Å². The van der Waals surface area contributed by atoms with Crippen LogP contribution in [-0.2, 0) is 0 Å². The second kappa shape index (κ2) is 6.19. The quantitative estimate of drug-likeness (QED) is 0.733. The van der Waals surface area contributed by atoms with Gasteiger partial charge in [0, 0.05) is 6.04 Å². The van der Waals surface area contributed by atoms with Crippen molar-refractivity contribution >= 4 is 5.82 Å². The van der Waals surface area contributed by atoms with E-state index in [1.165, 1.54) is 0 Å². The summed E-state index contributed by atoms with van der Waals surface area (Å²) < 4.78 is 4.99. The largest absolute Gasteiger partial charge is 0.480 e. The number of rotatable bonds is 6. The van der Waals surface area contributed by atoms with Crippen molar-refractivity contribution in [3.05, 3.63) is 12.4 Å². The van der Waals surface area contributed by atoms with Gasteiger partial charge < -0.3 is 15.8 Å². The molecule has 5 nitrogen and oxygen atoms in total. The van der Waals surface area contributed by atoms with Crippen LogP contribution in [0.3, 0.4) is 0 Å². The number of hydrogen-bond donors (Lipinski definition) is 2. The van der Waals surface area contributed by atoms with Crippen molar-refractivity contribution in [2.24, 2.45) is 5.73 Å². The van der Waals surface area contributed by atoms with Gasteiger partial charge in [-0.2, -0.15) is 4.98 Å². The maximum atomic E-state index is 5.51. The van der Waals surface area contributed by atoms with Gasteiger partial charge in [-0.15, -0.1) is 0 Å². The second-order valence-electron chi connectivity index (χ2n) is 3.27. The summed E-state index contributed by atoms with van der Waals surface area (Å²) in [5.74, 6) is 1.25. The van der Waals surface area contributed by atoms with E-state index in [-0.39, 0.29) is 0 Å². The van der Waals surface area contributed by atoms with Crippen molar-refractivity contribution in [2.75, 3.05) is 19.0 Å². The normalized spacial score (nSPS) is 12.2. The Bertz CT molecular complexity index is 293. The fourth-order valence-corrected chi connectivity index (χ4v) is 1.30. The van der Waals surface area contributed by atoms with Crippen molar-refractivity contribution in [3.63, 3.8) is 0 Å². The molecule has 0 aliphatic heterocycles. The van der Waals surface area contributed by atoms with Crippen LogP contribution in [0, 0.1) is 0 Å². The highest BCUT2D eigenvalue weighted by Gasteiger charge is 2.06. The summed E-state index contributed by atoms with van der Waals surface area (Å²) in [6.07, 6.45) is 5.20. The summed E-state index contributed by atoms with van der Waals surface area (Å²) in [5, 5.41) is 3.27. The first-order valence-electron chi connectivity index (χ1n) is 5.12. The molecule has 0 amide bonds. The second-order valence-corrected chi connectivity index (χ2v) is 3.27. The van der Waals surface area contributed by atoms with Gasteiger partial charge in [-0.1, -0.05) is 6.92 Å². The molecule has 0 saturated carbocycles. The Labute approximate surface area is 90.1 Å². The molecule has 0 aromatic carbocycles. The fraction of sp³-hybridized carbons (Fsp3) is 0.600. The summed E-state index contributed by atoms with van der Waals surface area (Å²) in [6.45, 7) is 2.78. The van der Waals surface area contributed by atoms with E-state index in [1.54, 1.807) is 19.5 Å². The zero-order chi connectivity index (χ0) is 11.1. The van der Waals surface area contributed by atoms with E-state index in [0.29, 0.717) is 18.5 Å². The number of aromatic nitrogens is 2. The molecule has 5 heteroatoms. The third kappa shape index (κ3) is 3.71. The zero-order valence-electron chi connectivity index (χ0n) is 9.23. The number of nitrogens with two attached hydrogens (primary N) is 1. The van der Waals surface area contributed by atoms with Crippen molar-refractivity contribution in [1.82, 2.24) is 9.97 Å². The van der Waals surface area contributed by atoms with Crippen LogP contribution in [0.1, 0.15) is 19.8 Å². The Balaban J connectivity index is 2.61. The van der Waals surface area contributed by atoms with Crippen LogP contribution in [0.15, 0.2) is 12.4 Å². The minimum atomic E-state index is 0.344. The van der Waals surface area contributed by atoms with Crippen LogP contribution in [-0.4, -0.2) is 29.7 Å². The van der Waals surface area contributed by atoms with Crippen LogP contribution < -0.4 is 15.8 Å². The molecule has 0 radical (unpaired) electrons. The molecule has 1 rings (SSSR count). The lowest BCUT2D eigenvalue weighted by molar-refractivity contribution is 0.396. The lowest BCUT2D eigenvalue weighted by atomic mass is 10.1. The van der Waals surface area contributed by atoms with Crippen LogP contribution in [0.4, 0.5) is 5.82 Å². The minimum absolute atomic E-state index is 0.344. The summed E-state index contributed by atoms with van der Waals surface area (Å²) in [5.41, 5.74) is 5.51. The Kier molecular flexibility index (Phi) is 4.83. The predicted molar refractivity (Wildman–Crippen MR) is 60.0 cm³/mol. The lowest BCUT2D eigenvalue weighted by Crippen LogP contribution is -2.22. The standard InChI is InChI=1S/C10H18N4O/c1-3-8(4-5-11)13-9-6-12-7-10(14-9)15-2/h6-8H,3-5,11H2,1-2H3,(H,13,14). The molecule has 15 heavy (non-hydrogen) atoms. The SMILES string of the molecule is CCC(CCN)Nc1cncc(OC)n1. The van der Waals surface area contributed by atoms with Gasteiger partial charge in [0.25, 0.3) is 0 Å². The average Bonchev–Trinajstić information content (AvgIpc) is 2.29. The molecule has 1 unspecified atom stereocenters. The molecule has 1 aromatic rings. The van der Waals surface area contributed by atoms with Crippen molar-refractivity contribution < 1.29 is 4.74 Å². The summed E-state index contributed by atoms with van der Waals surface area (Å²) in [4.78, 5) is 8.25. The highest BCUT2D eigenvalue weighted by Crippen LogP contribution is 2.11. The highest BCUT2D eigenvalue weighted by atomic mass is 16.5. The maximum Gasteiger partial charge on any atom is 0.233 e. The molecule has 0 saturated heterocycles. The van der Waals surface area contributed by atoms with Crippen LogP contribution in [0.5, 0.6) is 5.88 Å². The monoisotopic (exact) mass is 210 g/mol. The predicted octanol–water partition coefficient (Wildman–Crippen LogP) is 1.02. The number of ether oxygens (including phenoxy) is 1. The summed E-state index contributed by atoms with van der Waals surface area (Å²) in [7, 11) is 1.57. The van der Waals surface area contributed by atoms with Crippen LogP contribution in [0.2, 0.25) is 0 Å². The van der Waals surface area contributed by atoms with Gasteiger partial charge >= 0.3 is 0 Å². The first kappa shape index (κ1) is 11.7. The number of nitrogens with zero attached hydrogens (tertiary/aromatic N) is 2. The first-order chi connectivity index (χ1) is 7.30. The van der Waals surface area contributed by atoms with Gasteiger partial charge in [0.1, 0.15) is 5.82 Å². The van der Waals surface area contributed by atoms with Crippen molar-refractivity contribution in [2.45, 2.75) is 25.8 Å². The van der Waals surface area contributed by atoms with Gasteiger partial charge in [0.05, 0.1) is 19.5 Å². The topological polar surface area (TPSA) is 73.1 Å². The van der Waals surface area contributed by atoms with E-state index < -0.39 is 0 Å². The number of hydrogen-bond acceptors (Lipinski definition) is 5. The van der Waals surface area contributed by atoms with E-state index in [1.807, 2.05) is 0 Å². The molecule has 0 fully saturated rings. The molecule has 0 bridgehead atoms. The van der Waals surface area contributed by atoms with Crippen molar-refractivity contribution in [1.29, 1.82) is 0 Å². The third-order valence-corrected chi connectivity index (χ3v) is 2.18. The molecule has 0 aliphatic rings. The van der Waals surface area contributed by atoms with E-state index in [2.05, 4.69) is 22.2 Å². The molecule has 1 aromatic heterocycles. The molecule has 0 spiro atoms.